The lowest BCUT2D eigenvalue weighted by Crippen LogP contribution is -2.12. The normalized spacial score (nSPS) is 12.3. The van der Waals surface area contributed by atoms with Gasteiger partial charge in [-0.3, -0.25) is 4.98 Å². The van der Waals surface area contributed by atoms with Gasteiger partial charge >= 0.3 is 0 Å². The zero-order valence-corrected chi connectivity index (χ0v) is 16.6. The van der Waals surface area contributed by atoms with Gasteiger partial charge in [-0.25, -0.2) is 0 Å². The minimum Gasteiger partial charge on any atom is -0.256 e. The quantitative estimate of drug-likeness (QED) is 0.298. The van der Waals surface area contributed by atoms with Crippen LogP contribution in [0.15, 0.2) is 72.9 Å². The van der Waals surface area contributed by atoms with Gasteiger partial charge in [0.15, 0.2) is 0 Å². The van der Waals surface area contributed by atoms with Gasteiger partial charge in [-0.05, 0) is 46.0 Å². The van der Waals surface area contributed by atoms with E-state index in [1.54, 1.807) is 0 Å². The molecule has 2 heteroatoms. The molecule has 0 radical (unpaired) electrons. The molecule has 5 aromatic rings. The summed E-state index contributed by atoms with van der Waals surface area (Å²) in [7, 11) is 0. The standard InChI is InChI=1S/C25H21NS/c1-25(2,3)21-13-17(12-16-8-4-5-9-18(16)21)22-14-24-20(15-26-22)19-10-6-7-11-23(19)27-24/h4-15H,1-3H3. The van der Waals surface area contributed by atoms with E-state index in [0.29, 0.717) is 0 Å². The molecule has 0 bridgehead atoms. The number of rotatable bonds is 1. The Morgan fingerprint density at radius 1 is 0.741 bits per heavy atom. The van der Waals surface area contributed by atoms with Crippen molar-refractivity contribution in [2.75, 3.05) is 0 Å². The maximum Gasteiger partial charge on any atom is 0.0716 e. The van der Waals surface area contributed by atoms with Crippen molar-refractivity contribution >= 4 is 42.3 Å². The summed E-state index contributed by atoms with van der Waals surface area (Å²) in [5.74, 6) is 0. The Hall–Kier alpha value is -2.71. The molecule has 0 aliphatic carbocycles. The van der Waals surface area contributed by atoms with Gasteiger partial charge in [0.05, 0.1) is 5.69 Å². The SMILES string of the molecule is CC(C)(C)c1cc(-c2cc3sc4ccccc4c3cn2)cc2ccccc12. The van der Waals surface area contributed by atoms with E-state index in [2.05, 4.69) is 87.5 Å². The second-order valence-corrected chi connectivity index (χ2v) is 9.24. The Morgan fingerprint density at radius 3 is 2.30 bits per heavy atom. The lowest BCUT2D eigenvalue weighted by atomic mass is 9.82. The van der Waals surface area contributed by atoms with Crippen LogP contribution in [0.5, 0.6) is 0 Å². The highest BCUT2D eigenvalue weighted by molar-refractivity contribution is 7.25. The number of benzene rings is 3. The maximum absolute atomic E-state index is 4.84. The molecule has 0 fully saturated rings. The third-order valence-electron chi connectivity index (χ3n) is 5.23. The van der Waals surface area contributed by atoms with E-state index in [9.17, 15) is 0 Å². The molecule has 0 atom stereocenters. The Kier molecular flexibility index (Phi) is 3.60. The monoisotopic (exact) mass is 367 g/mol. The van der Waals surface area contributed by atoms with Crippen LogP contribution < -0.4 is 0 Å². The van der Waals surface area contributed by atoms with Crippen LogP contribution in [0.2, 0.25) is 0 Å². The van der Waals surface area contributed by atoms with Crippen LogP contribution in [0, 0.1) is 0 Å². The van der Waals surface area contributed by atoms with Gasteiger partial charge in [0, 0.05) is 31.9 Å². The predicted octanol–water partition coefficient (Wildman–Crippen LogP) is 7.57. The van der Waals surface area contributed by atoms with Crippen LogP contribution in [-0.2, 0) is 5.41 Å². The Bertz CT molecular complexity index is 1300. The number of fused-ring (bicyclic) bond motifs is 4. The largest absolute Gasteiger partial charge is 0.256 e. The van der Waals surface area contributed by atoms with Crippen molar-refractivity contribution in [3.63, 3.8) is 0 Å². The number of hydrogen-bond donors (Lipinski definition) is 0. The van der Waals surface area contributed by atoms with Crippen molar-refractivity contribution in [3.8, 4) is 11.3 Å². The number of nitrogens with zero attached hydrogens (tertiary/aromatic N) is 1. The van der Waals surface area contributed by atoms with Crippen LogP contribution >= 0.6 is 11.3 Å². The van der Waals surface area contributed by atoms with Crippen LogP contribution in [0.25, 0.3) is 42.2 Å². The number of pyridine rings is 1. The van der Waals surface area contributed by atoms with E-state index in [1.165, 1.54) is 42.1 Å². The first-order chi connectivity index (χ1) is 13.0. The number of thiophene rings is 1. The number of aromatic nitrogens is 1. The van der Waals surface area contributed by atoms with Gasteiger partial charge in [0.1, 0.15) is 0 Å². The van der Waals surface area contributed by atoms with Crippen molar-refractivity contribution in [2.45, 2.75) is 26.2 Å². The summed E-state index contributed by atoms with van der Waals surface area (Å²) < 4.78 is 2.62. The Labute approximate surface area is 163 Å². The fraction of sp³-hybridized carbons (Fsp3) is 0.160. The molecular weight excluding hydrogens is 346 g/mol. The molecule has 5 rings (SSSR count). The molecule has 3 aromatic carbocycles. The molecule has 132 valence electrons. The molecule has 2 aromatic heterocycles. The van der Waals surface area contributed by atoms with E-state index < -0.39 is 0 Å². The van der Waals surface area contributed by atoms with Crippen molar-refractivity contribution in [1.82, 2.24) is 4.98 Å². The molecule has 0 aliphatic rings. The first-order valence-electron chi connectivity index (χ1n) is 9.32. The second-order valence-electron chi connectivity index (χ2n) is 8.16. The highest BCUT2D eigenvalue weighted by Gasteiger charge is 2.18. The van der Waals surface area contributed by atoms with Crippen LogP contribution in [0.3, 0.4) is 0 Å². The lowest BCUT2D eigenvalue weighted by molar-refractivity contribution is 0.596. The average Bonchev–Trinajstić information content (AvgIpc) is 3.04. The third-order valence-corrected chi connectivity index (χ3v) is 6.36. The fourth-order valence-electron chi connectivity index (χ4n) is 3.86. The van der Waals surface area contributed by atoms with Gasteiger partial charge in [0.2, 0.25) is 0 Å². The van der Waals surface area contributed by atoms with Gasteiger partial charge < -0.3 is 0 Å². The average molecular weight is 368 g/mol. The molecular formula is C25H21NS. The number of hydrogen-bond acceptors (Lipinski definition) is 2. The highest BCUT2D eigenvalue weighted by Crippen LogP contribution is 2.37. The van der Waals surface area contributed by atoms with E-state index in [4.69, 9.17) is 4.98 Å². The van der Waals surface area contributed by atoms with Gasteiger partial charge in [-0.2, -0.15) is 0 Å². The van der Waals surface area contributed by atoms with E-state index >= 15 is 0 Å². The van der Waals surface area contributed by atoms with Crippen molar-refractivity contribution < 1.29 is 0 Å². The van der Waals surface area contributed by atoms with Crippen molar-refractivity contribution in [1.29, 1.82) is 0 Å². The fourth-order valence-corrected chi connectivity index (χ4v) is 4.97. The van der Waals surface area contributed by atoms with Gasteiger partial charge in [-0.15, -0.1) is 11.3 Å². The lowest BCUT2D eigenvalue weighted by Gasteiger charge is -2.22. The Balaban J connectivity index is 1.76. The predicted molar refractivity (Wildman–Crippen MR) is 119 cm³/mol. The topological polar surface area (TPSA) is 12.9 Å². The van der Waals surface area contributed by atoms with Gasteiger partial charge in [0.25, 0.3) is 0 Å². The van der Waals surface area contributed by atoms with Gasteiger partial charge in [-0.1, -0.05) is 63.2 Å². The van der Waals surface area contributed by atoms with E-state index in [-0.39, 0.29) is 5.41 Å². The summed E-state index contributed by atoms with van der Waals surface area (Å²) in [5.41, 5.74) is 3.69. The van der Waals surface area contributed by atoms with Crippen LogP contribution in [-0.4, -0.2) is 4.98 Å². The minimum absolute atomic E-state index is 0.0807. The van der Waals surface area contributed by atoms with Crippen LogP contribution in [0.1, 0.15) is 26.3 Å². The molecule has 0 amide bonds. The first-order valence-corrected chi connectivity index (χ1v) is 10.1. The highest BCUT2D eigenvalue weighted by atomic mass is 32.1. The first kappa shape index (κ1) is 16.5. The molecule has 0 unspecified atom stereocenters. The summed E-state index contributed by atoms with van der Waals surface area (Å²) in [6.45, 7) is 6.84. The third kappa shape index (κ3) is 2.72. The second kappa shape index (κ2) is 5.90. The van der Waals surface area contributed by atoms with Crippen LogP contribution in [0.4, 0.5) is 0 Å². The zero-order chi connectivity index (χ0) is 18.6. The zero-order valence-electron chi connectivity index (χ0n) is 15.8. The molecule has 0 aliphatic heterocycles. The maximum atomic E-state index is 4.84. The smallest absolute Gasteiger partial charge is 0.0716 e. The Morgan fingerprint density at radius 2 is 1.48 bits per heavy atom. The molecule has 2 heterocycles. The summed E-state index contributed by atoms with van der Waals surface area (Å²) in [6, 6.07) is 24.1. The molecule has 1 nitrogen and oxygen atoms in total. The summed E-state index contributed by atoms with van der Waals surface area (Å²) >= 11 is 1.84. The van der Waals surface area contributed by atoms with E-state index in [1.807, 2.05) is 17.5 Å². The molecule has 0 spiro atoms. The molecule has 27 heavy (non-hydrogen) atoms. The molecule has 0 saturated carbocycles. The summed E-state index contributed by atoms with van der Waals surface area (Å²) in [5, 5.41) is 5.15. The molecule has 0 saturated heterocycles. The molecule has 0 N–H and O–H groups in total. The summed E-state index contributed by atoms with van der Waals surface area (Å²) in [4.78, 5) is 4.84. The van der Waals surface area contributed by atoms with E-state index in [0.717, 1.165) is 5.69 Å². The minimum atomic E-state index is 0.0807. The van der Waals surface area contributed by atoms with Crippen molar-refractivity contribution in [3.05, 3.63) is 78.5 Å². The van der Waals surface area contributed by atoms with Crippen molar-refractivity contribution in [2.24, 2.45) is 0 Å². The summed E-state index contributed by atoms with van der Waals surface area (Å²) in [6.07, 6.45) is 2.04.